The van der Waals surface area contributed by atoms with Crippen LogP contribution in [0.4, 0.5) is 18.9 Å². The van der Waals surface area contributed by atoms with Gasteiger partial charge in [-0.2, -0.15) is 13.2 Å². The van der Waals surface area contributed by atoms with Gasteiger partial charge in [-0.05, 0) is 19.2 Å². The van der Waals surface area contributed by atoms with E-state index in [2.05, 4.69) is 10.3 Å². The molecule has 0 aliphatic carbocycles. The first-order valence-electron chi connectivity index (χ1n) is 5.38. The number of nitrogens with one attached hydrogen (secondary N) is 2. The van der Waals surface area contributed by atoms with Crippen molar-refractivity contribution >= 4 is 23.2 Å². The molecule has 9 heteroatoms. The molecule has 1 heterocycles. The number of carbonyl (C=O) groups is 1. The largest absolute Gasteiger partial charge is 0.408 e. The second-order valence-corrected chi connectivity index (χ2v) is 4.13. The average Bonchev–Trinajstić information content (AvgIpc) is 2.38. The lowest BCUT2D eigenvalue weighted by atomic mass is 10.2. The Morgan fingerprint density at radius 1 is 1.50 bits per heavy atom. The van der Waals surface area contributed by atoms with Crippen LogP contribution in [-0.2, 0) is 4.79 Å². The van der Waals surface area contributed by atoms with Crippen molar-refractivity contribution in [2.45, 2.75) is 12.2 Å². The maximum absolute atomic E-state index is 12.6. The molecule has 5 nitrogen and oxygen atoms in total. The van der Waals surface area contributed by atoms with Crippen LogP contribution in [0.3, 0.4) is 0 Å². The molecule has 1 unspecified atom stereocenters. The van der Waals surface area contributed by atoms with Gasteiger partial charge in [0, 0.05) is 6.20 Å². The maximum atomic E-state index is 12.6. The third-order valence-electron chi connectivity index (χ3n) is 2.29. The summed E-state index contributed by atoms with van der Waals surface area (Å²) in [6, 6.07) is 0.845. The molecule has 0 aliphatic rings. The summed E-state index contributed by atoms with van der Waals surface area (Å²) in [6.45, 7) is 0. The summed E-state index contributed by atoms with van der Waals surface area (Å²) in [4.78, 5) is 15.4. The van der Waals surface area contributed by atoms with Crippen LogP contribution in [0.25, 0.3) is 0 Å². The molecule has 0 bridgehead atoms. The minimum absolute atomic E-state index is 0.290. The van der Waals surface area contributed by atoms with E-state index in [9.17, 15) is 18.0 Å². The Bertz CT molecular complexity index is 504. The van der Waals surface area contributed by atoms with Crippen molar-refractivity contribution in [3.05, 3.63) is 35.3 Å². The van der Waals surface area contributed by atoms with Crippen molar-refractivity contribution in [2.24, 2.45) is 5.73 Å². The highest BCUT2D eigenvalue weighted by molar-refractivity contribution is 6.33. The molecule has 1 amide bonds. The first-order chi connectivity index (χ1) is 9.27. The highest BCUT2D eigenvalue weighted by atomic mass is 35.5. The van der Waals surface area contributed by atoms with Gasteiger partial charge in [-0.3, -0.25) is 9.78 Å². The lowest BCUT2D eigenvalue weighted by Gasteiger charge is -2.20. The van der Waals surface area contributed by atoms with Crippen molar-refractivity contribution < 1.29 is 18.0 Å². The van der Waals surface area contributed by atoms with E-state index in [0.717, 1.165) is 7.05 Å². The highest BCUT2D eigenvalue weighted by Crippen LogP contribution is 2.28. The van der Waals surface area contributed by atoms with E-state index in [1.54, 1.807) is 6.07 Å². The van der Waals surface area contributed by atoms with Gasteiger partial charge < -0.3 is 16.4 Å². The normalized spacial score (nSPS) is 14.4. The van der Waals surface area contributed by atoms with E-state index >= 15 is 0 Å². The number of nitrogens with two attached hydrogens (primary N) is 1. The Kier molecular flexibility index (Phi) is 5.34. The highest BCUT2D eigenvalue weighted by Gasteiger charge is 2.42. The fraction of sp³-hybridized carbons (Fsp3) is 0.273. The Hall–Kier alpha value is -1.80. The third-order valence-corrected chi connectivity index (χ3v) is 2.71. The number of pyridine rings is 1. The predicted octanol–water partition coefficient (Wildman–Crippen LogP) is 1.58. The number of hydrogen-bond donors (Lipinski definition) is 3. The Morgan fingerprint density at radius 2 is 2.15 bits per heavy atom. The van der Waals surface area contributed by atoms with Crippen molar-refractivity contribution in [3.8, 4) is 0 Å². The average molecular weight is 309 g/mol. The monoisotopic (exact) mass is 308 g/mol. The zero-order chi connectivity index (χ0) is 15.3. The lowest BCUT2D eigenvalue weighted by molar-refractivity contribution is -0.144. The van der Waals surface area contributed by atoms with Crippen LogP contribution < -0.4 is 16.4 Å². The minimum Gasteiger partial charge on any atom is -0.393 e. The molecule has 0 saturated carbocycles. The van der Waals surface area contributed by atoms with E-state index in [1.165, 1.54) is 18.5 Å². The van der Waals surface area contributed by atoms with Gasteiger partial charge in [0.1, 0.15) is 11.7 Å². The molecule has 0 aliphatic heterocycles. The molecule has 110 valence electrons. The molecule has 1 atom stereocenters. The van der Waals surface area contributed by atoms with Crippen LogP contribution in [0.2, 0.25) is 0 Å². The van der Waals surface area contributed by atoms with Gasteiger partial charge in [0.05, 0.1) is 16.9 Å². The van der Waals surface area contributed by atoms with Crippen molar-refractivity contribution in [1.82, 2.24) is 10.3 Å². The number of anilines is 1. The van der Waals surface area contributed by atoms with Crippen LogP contribution in [0.5, 0.6) is 0 Å². The van der Waals surface area contributed by atoms with Crippen molar-refractivity contribution in [1.29, 1.82) is 0 Å². The number of aromatic nitrogens is 1. The van der Waals surface area contributed by atoms with E-state index in [4.69, 9.17) is 17.3 Å². The van der Waals surface area contributed by atoms with Gasteiger partial charge in [0.25, 0.3) is 5.91 Å². The molecule has 0 aromatic carbocycles. The molecule has 1 rings (SSSR count). The quantitative estimate of drug-likeness (QED) is 0.738. The molecule has 1 aromatic heterocycles. The smallest absolute Gasteiger partial charge is 0.393 e. The van der Waals surface area contributed by atoms with Gasteiger partial charge >= 0.3 is 6.18 Å². The summed E-state index contributed by atoms with van der Waals surface area (Å²) in [5.41, 5.74) is 4.93. The summed E-state index contributed by atoms with van der Waals surface area (Å²) in [6.07, 6.45) is -1.87. The number of alkyl halides is 3. The molecule has 0 saturated heterocycles. The zero-order valence-electron chi connectivity index (χ0n) is 10.3. The van der Waals surface area contributed by atoms with Crippen LogP contribution >= 0.6 is 11.6 Å². The molecular formula is C11H12ClF3N4O. The molecule has 4 N–H and O–H groups in total. The lowest BCUT2D eigenvalue weighted by Crippen LogP contribution is -2.42. The summed E-state index contributed by atoms with van der Waals surface area (Å²) in [5.74, 6) is -0.937. The summed E-state index contributed by atoms with van der Waals surface area (Å²) in [7, 11) is 1.06. The van der Waals surface area contributed by atoms with Crippen LogP contribution in [0, 0.1) is 0 Å². The van der Waals surface area contributed by atoms with Gasteiger partial charge in [-0.25, -0.2) is 0 Å². The van der Waals surface area contributed by atoms with E-state index in [-0.39, 0.29) is 5.69 Å². The number of amides is 1. The van der Waals surface area contributed by atoms with Gasteiger partial charge in [0.15, 0.2) is 0 Å². The van der Waals surface area contributed by atoms with Gasteiger partial charge in [-0.1, -0.05) is 11.6 Å². The Balaban J connectivity index is 2.93. The summed E-state index contributed by atoms with van der Waals surface area (Å²) >= 11 is 5.54. The van der Waals surface area contributed by atoms with E-state index in [1.807, 2.05) is 5.32 Å². The number of likely N-dealkylation sites (N-methyl/N-ethyl adjacent to an activating group) is 1. The maximum Gasteiger partial charge on any atom is 0.408 e. The SMILES string of the molecule is CNC(/C(Cl)=C(\N)C(=O)Nc1cccnc1)C(F)(F)F. The molecule has 1 aromatic rings. The van der Waals surface area contributed by atoms with Crippen LogP contribution in [0.15, 0.2) is 35.3 Å². The van der Waals surface area contributed by atoms with Crippen molar-refractivity contribution in [3.63, 3.8) is 0 Å². The molecular weight excluding hydrogens is 297 g/mol. The molecule has 0 spiro atoms. The first-order valence-corrected chi connectivity index (χ1v) is 5.75. The summed E-state index contributed by atoms with van der Waals surface area (Å²) in [5, 5.41) is 3.43. The van der Waals surface area contributed by atoms with Crippen LogP contribution in [-0.4, -0.2) is 30.2 Å². The zero-order valence-corrected chi connectivity index (χ0v) is 11.1. The minimum atomic E-state index is -4.66. The van der Waals surface area contributed by atoms with Gasteiger partial charge in [-0.15, -0.1) is 0 Å². The van der Waals surface area contributed by atoms with Gasteiger partial charge in [0.2, 0.25) is 0 Å². The molecule has 0 radical (unpaired) electrons. The molecule has 0 fully saturated rings. The molecule has 20 heavy (non-hydrogen) atoms. The second-order valence-electron chi connectivity index (χ2n) is 3.72. The van der Waals surface area contributed by atoms with E-state index in [0.29, 0.717) is 0 Å². The first kappa shape index (κ1) is 16.3. The number of carbonyl (C=O) groups excluding carboxylic acids is 1. The fourth-order valence-electron chi connectivity index (χ4n) is 1.33. The fourth-order valence-corrected chi connectivity index (χ4v) is 1.65. The number of rotatable bonds is 4. The van der Waals surface area contributed by atoms with Crippen molar-refractivity contribution in [2.75, 3.05) is 12.4 Å². The predicted molar refractivity (Wildman–Crippen MR) is 68.8 cm³/mol. The standard InChI is InChI=1S/C11H12ClF3N4O/c1-17-9(11(13,14)15)7(12)8(16)10(20)19-6-3-2-4-18-5-6/h2-5,9,17H,16H2,1H3,(H,19,20)/b8-7+. The topological polar surface area (TPSA) is 80.0 Å². The number of hydrogen-bond acceptors (Lipinski definition) is 4. The Morgan fingerprint density at radius 3 is 2.60 bits per heavy atom. The second kappa shape index (κ2) is 6.58. The number of nitrogens with zero attached hydrogens (tertiary/aromatic N) is 1. The third kappa shape index (κ3) is 4.10. The Labute approximate surface area is 118 Å². The van der Waals surface area contributed by atoms with Crippen LogP contribution in [0.1, 0.15) is 0 Å². The number of halogens is 4. The van der Waals surface area contributed by atoms with E-state index < -0.39 is 28.9 Å². The summed E-state index contributed by atoms with van der Waals surface area (Å²) < 4.78 is 37.9.